The van der Waals surface area contributed by atoms with Gasteiger partial charge in [-0.25, -0.2) is 9.97 Å². The molecular formula is C22H25N7O2S. The second-order valence-electron chi connectivity index (χ2n) is 7.90. The van der Waals surface area contributed by atoms with Crippen LogP contribution in [0.25, 0.3) is 21.3 Å². The number of aromatic nitrogens is 5. The van der Waals surface area contributed by atoms with Crippen molar-refractivity contribution in [3.63, 3.8) is 0 Å². The molecule has 4 aromatic rings. The molecule has 3 aromatic heterocycles. The maximum Gasteiger partial charge on any atom is 0.169 e. The lowest BCUT2D eigenvalue weighted by Gasteiger charge is -2.35. The molecule has 1 aliphatic heterocycles. The van der Waals surface area contributed by atoms with Gasteiger partial charge in [0.05, 0.1) is 10.3 Å². The van der Waals surface area contributed by atoms with Crippen LogP contribution in [0.1, 0.15) is 29.4 Å². The van der Waals surface area contributed by atoms with Gasteiger partial charge in [-0.05, 0) is 49.7 Å². The number of para-hydroxylation sites is 1. The second-order valence-corrected chi connectivity index (χ2v) is 8.93. The van der Waals surface area contributed by atoms with E-state index in [2.05, 4.69) is 30.1 Å². The molecule has 1 aliphatic rings. The van der Waals surface area contributed by atoms with Crippen molar-refractivity contribution < 1.29 is 9.63 Å². The highest BCUT2D eigenvalue weighted by Gasteiger charge is 2.21. The first-order valence-corrected chi connectivity index (χ1v) is 11.7. The smallest absolute Gasteiger partial charge is 0.169 e. The fourth-order valence-corrected chi connectivity index (χ4v) is 4.87. The van der Waals surface area contributed by atoms with E-state index in [4.69, 9.17) is 4.84 Å². The fourth-order valence-electron chi connectivity index (χ4n) is 3.98. The standard InChI is InChI=1S/C22H25N7O2S/c1-16(30)20-14-17-21(23-15-24-22(17)32-20)28-11-9-27(10-12-28)8-4-5-13-31-29-19-7-3-2-6-18(19)25-26-29/h2-3,6-7,14-15H,4-5,8-13H2,1H3. The highest BCUT2D eigenvalue weighted by Crippen LogP contribution is 2.31. The molecule has 0 spiro atoms. The molecule has 5 rings (SSSR count). The molecular weight excluding hydrogens is 426 g/mol. The van der Waals surface area contributed by atoms with Crippen molar-refractivity contribution in [3.8, 4) is 0 Å². The van der Waals surface area contributed by atoms with Crippen molar-refractivity contribution in [3.05, 3.63) is 41.5 Å². The maximum atomic E-state index is 11.7. The minimum absolute atomic E-state index is 0.0738. The van der Waals surface area contributed by atoms with Gasteiger partial charge >= 0.3 is 0 Å². The Hall–Kier alpha value is -3.11. The molecule has 0 unspecified atom stereocenters. The molecule has 4 heterocycles. The lowest BCUT2D eigenvalue weighted by atomic mass is 10.2. The minimum Gasteiger partial charge on any atom is -0.395 e. The number of rotatable bonds is 8. The van der Waals surface area contributed by atoms with Crippen LogP contribution >= 0.6 is 11.3 Å². The zero-order valence-corrected chi connectivity index (χ0v) is 18.8. The quantitative estimate of drug-likeness (QED) is 0.298. The SMILES string of the molecule is CC(=O)c1cc2c(N3CCN(CCCCOn4nnc5ccccc54)CC3)ncnc2s1. The van der Waals surface area contributed by atoms with E-state index in [-0.39, 0.29) is 5.78 Å². The third-order valence-electron chi connectivity index (χ3n) is 5.73. The van der Waals surface area contributed by atoms with Gasteiger partial charge < -0.3 is 9.74 Å². The number of anilines is 1. The van der Waals surface area contributed by atoms with Crippen LogP contribution in [0.3, 0.4) is 0 Å². The van der Waals surface area contributed by atoms with Crippen LogP contribution in [-0.2, 0) is 0 Å². The predicted molar refractivity (Wildman–Crippen MR) is 124 cm³/mol. The van der Waals surface area contributed by atoms with E-state index in [0.29, 0.717) is 6.61 Å². The third-order valence-corrected chi connectivity index (χ3v) is 6.87. The molecule has 0 amide bonds. The maximum absolute atomic E-state index is 11.7. The van der Waals surface area contributed by atoms with Crippen LogP contribution in [0.15, 0.2) is 36.7 Å². The highest BCUT2D eigenvalue weighted by atomic mass is 32.1. The van der Waals surface area contributed by atoms with Gasteiger partial charge in [-0.2, -0.15) is 0 Å². The molecule has 10 heteroatoms. The number of thiophene rings is 1. The molecule has 0 N–H and O–H groups in total. The summed E-state index contributed by atoms with van der Waals surface area (Å²) < 4.78 is 0. The van der Waals surface area contributed by atoms with Crippen molar-refractivity contribution in [2.45, 2.75) is 19.8 Å². The van der Waals surface area contributed by atoms with Crippen molar-refractivity contribution in [1.29, 1.82) is 0 Å². The van der Waals surface area contributed by atoms with Gasteiger partial charge in [0, 0.05) is 26.2 Å². The number of hydrogen-bond acceptors (Lipinski definition) is 9. The molecule has 0 saturated carbocycles. The molecule has 0 atom stereocenters. The van der Waals surface area contributed by atoms with Crippen molar-refractivity contribution in [2.24, 2.45) is 0 Å². The van der Waals surface area contributed by atoms with Gasteiger partial charge in [-0.1, -0.05) is 17.0 Å². The monoisotopic (exact) mass is 451 g/mol. The molecule has 0 radical (unpaired) electrons. The number of Topliss-reactive ketones (excluding diaryl/α,β-unsaturated/α-hetero) is 1. The molecule has 0 bridgehead atoms. The van der Waals surface area contributed by atoms with Gasteiger partial charge in [-0.3, -0.25) is 9.69 Å². The number of carbonyl (C=O) groups is 1. The number of nitrogens with zero attached hydrogens (tertiary/aromatic N) is 7. The average molecular weight is 452 g/mol. The van der Waals surface area contributed by atoms with E-state index in [1.165, 1.54) is 16.2 Å². The molecule has 0 aliphatic carbocycles. The van der Waals surface area contributed by atoms with E-state index >= 15 is 0 Å². The summed E-state index contributed by atoms with van der Waals surface area (Å²) in [5.41, 5.74) is 1.73. The van der Waals surface area contributed by atoms with Crippen LogP contribution in [0.4, 0.5) is 5.82 Å². The van der Waals surface area contributed by atoms with Gasteiger partial charge in [0.2, 0.25) is 0 Å². The Kier molecular flexibility index (Phi) is 5.95. The molecule has 9 nitrogen and oxygen atoms in total. The average Bonchev–Trinajstić information content (AvgIpc) is 3.44. The number of piperazine rings is 1. The van der Waals surface area contributed by atoms with E-state index < -0.39 is 0 Å². The van der Waals surface area contributed by atoms with Crippen LogP contribution < -0.4 is 9.74 Å². The Labute approximate surface area is 189 Å². The lowest BCUT2D eigenvalue weighted by molar-refractivity contribution is 0.0826. The number of benzene rings is 1. The predicted octanol–water partition coefficient (Wildman–Crippen LogP) is 2.67. The van der Waals surface area contributed by atoms with Crippen molar-refractivity contribution >= 4 is 44.2 Å². The van der Waals surface area contributed by atoms with E-state index in [1.54, 1.807) is 13.3 Å². The number of carbonyl (C=O) groups excluding carboxylic acids is 1. The van der Waals surface area contributed by atoms with Gasteiger partial charge in [0.25, 0.3) is 0 Å². The van der Waals surface area contributed by atoms with E-state index in [1.807, 2.05) is 30.3 Å². The molecule has 166 valence electrons. The number of hydrogen-bond donors (Lipinski definition) is 0. The Morgan fingerprint density at radius 1 is 1.12 bits per heavy atom. The fraction of sp³-hybridized carbons (Fsp3) is 0.409. The summed E-state index contributed by atoms with van der Waals surface area (Å²) in [6, 6.07) is 9.71. The van der Waals surface area contributed by atoms with Crippen LogP contribution in [0, 0.1) is 0 Å². The minimum atomic E-state index is 0.0738. The van der Waals surface area contributed by atoms with Crippen LogP contribution in [-0.4, -0.2) is 75.1 Å². The lowest BCUT2D eigenvalue weighted by Crippen LogP contribution is -2.47. The van der Waals surface area contributed by atoms with Crippen molar-refractivity contribution in [1.82, 2.24) is 30.0 Å². The Morgan fingerprint density at radius 3 is 2.81 bits per heavy atom. The zero-order valence-electron chi connectivity index (χ0n) is 18.0. The normalized spacial score (nSPS) is 15.0. The molecule has 1 aromatic carbocycles. The van der Waals surface area contributed by atoms with Gasteiger partial charge in [-0.15, -0.1) is 16.4 Å². The summed E-state index contributed by atoms with van der Waals surface area (Å²) in [5, 5.41) is 9.14. The molecule has 1 saturated heterocycles. The largest absolute Gasteiger partial charge is 0.395 e. The third kappa shape index (κ3) is 4.28. The second kappa shape index (κ2) is 9.17. The first-order valence-electron chi connectivity index (χ1n) is 10.9. The highest BCUT2D eigenvalue weighted by molar-refractivity contribution is 7.20. The zero-order chi connectivity index (χ0) is 21.9. The first-order chi connectivity index (χ1) is 15.7. The Bertz CT molecular complexity index is 1230. The van der Waals surface area contributed by atoms with Crippen LogP contribution in [0.2, 0.25) is 0 Å². The summed E-state index contributed by atoms with van der Waals surface area (Å²) in [6.07, 6.45) is 3.63. The summed E-state index contributed by atoms with van der Waals surface area (Å²) >= 11 is 1.44. The Balaban J connectivity index is 1.09. The number of fused-ring (bicyclic) bond motifs is 2. The summed E-state index contributed by atoms with van der Waals surface area (Å²) in [4.78, 5) is 34.3. The van der Waals surface area contributed by atoms with E-state index in [9.17, 15) is 4.79 Å². The van der Waals surface area contributed by atoms with E-state index in [0.717, 1.165) is 77.5 Å². The van der Waals surface area contributed by atoms with Gasteiger partial charge in [0.15, 0.2) is 5.78 Å². The summed E-state index contributed by atoms with van der Waals surface area (Å²) in [5.74, 6) is 1.01. The Morgan fingerprint density at radius 2 is 1.97 bits per heavy atom. The number of unbranched alkanes of at least 4 members (excludes halogenated alkanes) is 1. The molecule has 1 fully saturated rings. The molecule has 32 heavy (non-hydrogen) atoms. The summed E-state index contributed by atoms with van der Waals surface area (Å²) in [7, 11) is 0. The van der Waals surface area contributed by atoms with Crippen molar-refractivity contribution in [2.75, 3.05) is 44.2 Å². The first kappa shape index (κ1) is 20.8. The number of ketones is 1. The topological polar surface area (TPSA) is 89.3 Å². The van der Waals surface area contributed by atoms with Crippen LogP contribution in [0.5, 0.6) is 0 Å². The van der Waals surface area contributed by atoms with Gasteiger partial charge in [0.1, 0.15) is 34.6 Å². The summed E-state index contributed by atoms with van der Waals surface area (Å²) in [6.45, 7) is 7.06.